The molecule has 2 unspecified atom stereocenters. The maximum atomic E-state index is 9.85. The smallest absolute Gasteiger partial charge is 0.217 e. The molecule has 0 saturated heterocycles. The van der Waals surface area contributed by atoms with E-state index >= 15 is 0 Å². The van der Waals surface area contributed by atoms with Crippen molar-refractivity contribution >= 4 is 57.9 Å². The minimum atomic E-state index is -3.86. The summed E-state index contributed by atoms with van der Waals surface area (Å²) in [7, 11) is -7.17. The van der Waals surface area contributed by atoms with Crippen LogP contribution in [0.5, 0.6) is 0 Å². The second-order valence-corrected chi connectivity index (χ2v) is 25.5. The highest BCUT2D eigenvalue weighted by atomic mass is 28.3. The summed E-state index contributed by atoms with van der Waals surface area (Å²) in [6, 6.07) is 83.1. The van der Waals surface area contributed by atoms with E-state index in [9.17, 15) is 5.48 Å². The first kappa shape index (κ1) is 36.7. The van der Waals surface area contributed by atoms with Gasteiger partial charge in [0.05, 0.1) is 6.85 Å². The van der Waals surface area contributed by atoms with Gasteiger partial charge in [-0.15, -0.1) is 0 Å². The highest BCUT2D eigenvalue weighted by Gasteiger charge is 2.50. The Balaban J connectivity index is 1.15. The zero-order valence-corrected chi connectivity index (χ0v) is 40.1. The van der Waals surface area contributed by atoms with Gasteiger partial charge in [-0.3, -0.25) is 0 Å². The van der Waals surface area contributed by atoms with Gasteiger partial charge in [-0.05, 0) is 69.7 Å². The summed E-state index contributed by atoms with van der Waals surface area (Å²) in [5.41, 5.74) is 9.35. The molecule has 0 N–H and O–H groups in total. The third-order valence-electron chi connectivity index (χ3n) is 14.7. The summed E-state index contributed by atoms with van der Waals surface area (Å²) in [6.45, 7) is 0. The monoisotopic (exact) mass is 930 g/mol. The van der Waals surface area contributed by atoms with Gasteiger partial charge in [0.2, 0.25) is 8.07 Å². The highest BCUT2D eigenvalue weighted by molar-refractivity contribution is 7.20. The molecule has 2 atom stereocenters. The molecule has 3 nitrogen and oxygen atoms in total. The molecule has 0 spiro atoms. The lowest BCUT2D eigenvalue weighted by Crippen LogP contribution is -2.76. The van der Waals surface area contributed by atoms with Crippen molar-refractivity contribution in [1.29, 1.82) is 0 Å². The van der Waals surface area contributed by atoms with Gasteiger partial charge >= 0.3 is 0 Å². The van der Waals surface area contributed by atoms with Crippen molar-refractivity contribution in [2.75, 3.05) is 0 Å². The van der Waals surface area contributed by atoms with Gasteiger partial charge in [-0.1, -0.05) is 273 Å². The van der Waals surface area contributed by atoms with E-state index in [1.807, 2.05) is 54.6 Å². The van der Waals surface area contributed by atoms with Crippen LogP contribution in [0.25, 0.3) is 22.8 Å². The molecule has 70 heavy (non-hydrogen) atoms. The molecule has 14 rings (SSSR count). The summed E-state index contributed by atoms with van der Waals surface area (Å²) in [5, 5.41) is 6.60. The molecule has 0 aliphatic heterocycles. The van der Waals surface area contributed by atoms with E-state index in [2.05, 4.69) is 188 Å². The lowest BCUT2D eigenvalue weighted by Gasteiger charge is -2.46. The summed E-state index contributed by atoms with van der Waals surface area (Å²) in [5.74, 6) is 0.582. The van der Waals surface area contributed by atoms with Gasteiger partial charge in [-0.2, -0.15) is 0 Å². The number of nitrogens with zero attached hydrogens (tertiary/aromatic N) is 3. The van der Waals surface area contributed by atoms with Gasteiger partial charge in [-0.25, -0.2) is 15.0 Å². The Bertz CT molecular complexity index is 3800. The molecular formula is C65H47N3Si2. The van der Waals surface area contributed by atoms with Crippen LogP contribution in [-0.4, -0.2) is 31.1 Å². The Morgan fingerprint density at radius 1 is 0.314 bits per heavy atom. The third kappa shape index (κ3) is 6.43. The largest absolute Gasteiger partial charge is 0.226 e. The van der Waals surface area contributed by atoms with E-state index in [0.717, 1.165) is 75.5 Å². The first-order valence-electron chi connectivity index (χ1n) is 26.4. The van der Waals surface area contributed by atoms with Crippen molar-refractivity contribution in [2.24, 2.45) is 0 Å². The molecular weight excluding hydrogens is 879 g/mol. The number of aromatic nitrogens is 3. The average Bonchev–Trinajstić information content (AvgIpc) is 3.50. The molecule has 0 amide bonds. The summed E-state index contributed by atoms with van der Waals surface area (Å²) in [4.78, 5) is 17.0. The topological polar surface area (TPSA) is 38.7 Å². The molecule has 10 aromatic carbocycles. The molecule has 330 valence electrons. The van der Waals surface area contributed by atoms with Crippen molar-refractivity contribution in [3.05, 3.63) is 306 Å². The fourth-order valence-electron chi connectivity index (χ4n) is 11.9. The van der Waals surface area contributed by atoms with Crippen LogP contribution < -0.4 is 41.8 Å². The molecule has 3 aliphatic carbocycles. The fraction of sp³-hybridized carbons (Fsp3) is 0.0308. The average molecular weight is 931 g/mol. The van der Waals surface area contributed by atoms with Crippen LogP contribution in [0.3, 0.4) is 0 Å². The summed E-state index contributed by atoms with van der Waals surface area (Å²) in [6.07, 6.45) is 0. The van der Waals surface area contributed by atoms with E-state index in [0.29, 0.717) is 16.8 Å². The number of hydrogen-bond acceptors (Lipinski definition) is 3. The molecule has 1 heterocycles. The number of rotatable bonds is 10. The van der Waals surface area contributed by atoms with Gasteiger partial charge in [0.25, 0.3) is 0 Å². The lowest BCUT2D eigenvalue weighted by molar-refractivity contribution is 0.759. The van der Waals surface area contributed by atoms with Crippen LogP contribution in [0, 0.1) is 0 Å². The van der Waals surface area contributed by atoms with Crippen LogP contribution in [0.4, 0.5) is 0 Å². The normalized spacial score (nSPS) is 15.6. The van der Waals surface area contributed by atoms with Gasteiger partial charge in [0.15, 0.2) is 19.7 Å². The molecule has 0 saturated carbocycles. The van der Waals surface area contributed by atoms with Crippen LogP contribution in [0.2, 0.25) is 0 Å². The zero-order valence-electron chi connectivity index (χ0n) is 43.1. The zero-order chi connectivity index (χ0) is 50.8. The summed E-state index contributed by atoms with van der Waals surface area (Å²) < 4.78 is 46.9. The van der Waals surface area contributed by atoms with E-state index in [-0.39, 0.29) is 36.0 Å². The Kier molecular flexibility index (Phi) is 9.06. The predicted octanol–water partition coefficient (Wildman–Crippen LogP) is 8.95. The van der Waals surface area contributed by atoms with E-state index in [1.54, 1.807) is 0 Å². The van der Waals surface area contributed by atoms with E-state index in [1.165, 1.54) is 5.56 Å². The third-order valence-corrected chi connectivity index (χ3v) is 23.8. The quantitative estimate of drug-likeness (QED) is 0.102. The van der Waals surface area contributed by atoms with Crippen LogP contribution in [-0.2, 0) is 0 Å². The first-order valence-corrected chi connectivity index (χ1v) is 27.9. The Labute approximate surface area is 418 Å². The minimum Gasteiger partial charge on any atom is -0.217 e. The molecule has 5 heteroatoms. The van der Waals surface area contributed by atoms with Crippen LogP contribution in [0.1, 0.15) is 52.1 Å². The molecule has 1 aromatic heterocycles. The number of benzene rings is 10. The van der Waals surface area contributed by atoms with Crippen molar-refractivity contribution in [3.63, 3.8) is 0 Å². The maximum Gasteiger partial charge on any atom is 0.226 e. The van der Waals surface area contributed by atoms with Crippen molar-refractivity contribution in [1.82, 2.24) is 15.0 Å². The van der Waals surface area contributed by atoms with Crippen LogP contribution in [0.15, 0.2) is 273 Å². The lowest BCUT2D eigenvalue weighted by atomic mass is 9.60. The van der Waals surface area contributed by atoms with Crippen molar-refractivity contribution in [3.8, 4) is 22.8 Å². The molecule has 2 bridgehead atoms. The second kappa shape index (κ2) is 17.3. The Hall–Kier alpha value is -8.36. The SMILES string of the molecule is [2H]c1c([2H])c([2H])c([Si](c2ccccc2)(c2ccccc2)c2cccc3c2C2c4ccccc4C3c3cccc(-c4nc(-c5ccccc5)nc([Si](c5ccccc5)(c5ccccc5)c5ccccc5)n4)c32)c([2H])c1[2H]. The maximum absolute atomic E-state index is 9.85. The summed E-state index contributed by atoms with van der Waals surface area (Å²) >= 11 is 0. The van der Waals surface area contributed by atoms with Gasteiger partial charge < -0.3 is 0 Å². The number of hydrogen-bond donors (Lipinski definition) is 0. The highest BCUT2D eigenvalue weighted by Crippen LogP contribution is 2.57. The predicted molar refractivity (Wildman–Crippen MR) is 293 cm³/mol. The molecule has 3 aliphatic rings. The van der Waals surface area contributed by atoms with Crippen molar-refractivity contribution in [2.45, 2.75) is 11.8 Å². The Morgan fingerprint density at radius 2 is 0.729 bits per heavy atom. The Morgan fingerprint density at radius 3 is 1.26 bits per heavy atom. The van der Waals surface area contributed by atoms with Gasteiger partial charge in [0, 0.05) is 23.0 Å². The van der Waals surface area contributed by atoms with Crippen molar-refractivity contribution < 1.29 is 6.85 Å². The first-order chi connectivity index (χ1) is 36.8. The standard InChI is InChI=1S/C65H47N3Si2/c1-8-26-46(27-9-1)63-66-64(68-65(67-63)70(50-34-16-5-17-35-50,51-36-18-6-19-37-51)52-38-20-7-21-39-52)57-44-24-42-55-59-53-40-22-23-41-54(53)62(60(55)57)61-56(59)43-25-45-58(61)69(47-28-10-2-11-29-47,48-30-12-3-13-31-48)49-32-14-4-15-33-49/h1-45,59,62H/i2D,10D,11D,28D,29D. The van der Waals surface area contributed by atoms with E-state index in [4.69, 9.17) is 16.3 Å². The van der Waals surface area contributed by atoms with E-state index < -0.39 is 22.2 Å². The van der Waals surface area contributed by atoms with Crippen LogP contribution >= 0.6 is 0 Å². The molecule has 11 aromatic rings. The second-order valence-electron chi connectivity index (χ2n) is 18.1. The fourth-order valence-corrected chi connectivity index (χ4v) is 21.0. The van der Waals surface area contributed by atoms with Gasteiger partial charge in [0.1, 0.15) is 5.45 Å². The molecule has 0 radical (unpaired) electrons. The molecule has 0 fully saturated rings. The minimum absolute atomic E-state index is 0.186.